The first-order chi connectivity index (χ1) is 12.1. The topological polar surface area (TPSA) is 71.5 Å². The molecule has 140 valence electrons. The van der Waals surface area contributed by atoms with Gasteiger partial charge < -0.3 is 10.1 Å². The number of hydrogen-bond acceptors (Lipinski definition) is 5. The first-order valence-corrected chi connectivity index (χ1v) is 9.82. The number of pyridine rings is 1. The number of aromatic nitrogens is 1. The van der Waals surface area contributed by atoms with Gasteiger partial charge in [0, 0.05) is 25.5 Å². The van der Waals surface area contributed by atoms with Crippen molar-refractivity contribution in [3.05, 3.63) is 54.4 Å². The fourth-order valence-corrected chi connectivity index (χ4v) is 5.66. The van der Waals surface area contributed by atoms with Crippen molar-refractivity contribution in [1.82, 2.24) is 14.6 Å². The summed E-state index contributed by atoms with van der Waals surface area (Å²) in [5.74, 6) is 1.38. The van der Waals surface area contributed by atoms with Gasteiger partial charge in [0.1, 0.15) is 10.6 Å². The Balaban J connectivity index is 0.00000196. The van der Waals surface area contributed by atoms with Gasteiger partial charge in [-0.2, -0.15) is 4.31 Å². The third-order valence-corrected chi connectivity index (χ3v) is 7.05. The second-order valence-corrected chi connectivity index (χ2v) is 8.45. The predicted molar refractivity (Wildman–Crippen MR) is 101 cm³/mol. The van der Waals surface area contributed by atoms with Gasteiger partial charge in [-0.3, -0.25) is 4.98 Å². The Bertz CT molecular complexity index is 846. The lowest BCUT2D eigenvalue weighted by Gasteiger charge is -2.27. The van der Waals surface area contributed by atoms with E-state index >= 15 is 0 Å². The molecular formula is C18H22ClN3O3S. The maximum Gasteiger partial charge on any atom is 0.245 e. The average Bonchev–Trinajstić information content (AvgIpc) is 3.24. The molecule has 1 aromatic heterocycles. The molecule has 0 radical (unpaired) electrons. The van der Waals surface area contributed by atoms with Crippen LogP contribution in [0.1, 0.15) is 11.6 Å². The van der Waals surface area contributed by atoms with E-state index in [0.717, 1.165) is 24.4 Å². The molecule has 26 heavy (non-hydrogen) atoms. The zero-order valence-electron chi connectivity index (χ0n) is 14.4. The van der Waals surface area contributed by atoms with Crippen LogP contribution in [-0.2, 0) is 10.0 Å². The third kappa shape index (κ3) is 3.20. The lowest BCUT2D eigenvalue weighted by Crippen LogP contribution is -2.34. The molecule has 0 aliphatic carbocycles. The van der Waals surface area contributed by atoms with Gasteiger partial charge in [0.25, 0.3) is 0 Å². The Morgan fingerprint density at radius 3 is 2.62 bits per heavy atom. The SMILES string of the molecule is COc1ccc([C@@H]2[C@H]3CNC[C@H]3CN2S(=O)(=O)c2cccnc2)cc1.Cl. The van der Waals surface area contributed by atoms with E-state index in [4.69, 9.17) is 4.74 Å². The Morgan fingerprint density at radius 1 is 1.19 bits per heavy atom. The maximum absolute atomic E-state index is 13.2. The van der Waals surface area contributed by atoms with Crippen LogP contribution in [0.2, 0.25) is 0 Å². The quantitative estimate of drug-likeness (QED) is 0.858. The molecule has 6 nitrogen and oxygen atoms in total. The van der Waals surface area contributed by atoms with Crippen LogP contribution < -0.4 is 10.1 Å². The number of hydrogen-bond donors (Lipinski definition) is 1. The minimum atomic E-state index is -3.58. The summed E-state index contributed by atoms with van der Waals surface area (Å²) in [6, 6.07) is 10.8. The molecule has 0 spiro atoms. The Hall–Kier alpha value is -1.67. The second kappa shape index (κ2) is 7.52. The van der Waals surface area contributed by atoms with E-state index in [2.05, 4.69) is 10.3 Å². The molecule has 2 aliphatic heterocycles. The molecule has 0 saturated carbocycles. The predicted octanol–water partition coefficient (Wildman–Crippen LogP) is 2.09. The molecule has 0 unspecified atom stereocenters. The number of nitrogens with zero attached hydrogens (tertiary/aromatic N) is 2. The Morgan fingerprint density at radius 2 is 1.96 bits per heavy atom. The summed E-state index contributed by atoms with van der Waals surface area (Å²) in [6.07, 6.45) is 3.01. The van der Waals surface area contributed by atoms with Crippen LogP contribution in [0, 0.1) is 11.8 Å². The maximum atomic E-state index is 13.2. The molecule has 1 N–H and O–H groups in total. The molecule has 2 fully saturated rings. The molecule has 2 saturated heterocycles. The highest BCUT2D eigenvalue weighted by Gasteiger charge is 2.49. The van der Waals surface area contributed by atoms with Gasteiger partial charge in [0.15, 0.2) is 0 Å². The summed E-state index contributed by atoms with van der Waals surface area (Å²) in [7, 11) is -1.96. The second-order valence-electron chi connectivity index (χ2n) is 6.56. The molecular weight excluding hydrogens is 374 g/mol. The van der Waals surface area contributed by atoms with Gasteiger partial charge in [-0.25, -0.2) is 8.42 Å². The minimum absolute atomic E-state index is 0. The van der Waals surface area contributed by atoms with E-state index in [1.165, 1.54) is 6.20 Å². The number of nitrogens with one attached hydrogen (secondary N) is 1. The molecule has 3 heterocycles. The largest absolute Gasteiger partial charge is 0.497 e. The van der Waals surface area contributed by atoms with Gasteiger partial charge in [-0.15, -0.1) is 12.4 Å². The molecule has 1 aromatic carbocycles. The van der Waals surface area contributed by atoms with Crippen molar-refractivity contribution in [3.63, 3.8) is 0 Å². The number of ether oxygens (including phenoxy) is 1. The van der Waals surface area contributed by atoms with Crippen molar-refractivity contribution < 1.29 is 13.2 Å². The van der Waals surface area contributed by atoms with Gasteiger partial charge >= 0.3 is 0 Å². The van der Waals surface area contributed by atoms with Crippen LogP contribution in [0.4, 0.5) is 0 Å². The van der Waals surface area contributed by atoms with E-state index in [1.807, 2.05) is 24.3 Å². The first kappa shape index (κ1) is 19.1. The van der Waals surface area contributed by atoms with Crippen molar-refractivity contribution in [1.29, 1.82) is 0 Å². The number of halogens is 1. The van der Waals surface area contributed by atoms with Gasteiger partial charge in [0.2, 0.25) is 10.0 Å². The van der Waals surface area contributed by atoms with Crippen LogP contribution in [0.15, 0.2) is 53.7 Å². The molecule has 8 heteroatoms. The normalized spacial score (nSPS) is 25.5. The zero-order chi connectivity index (χ0) is 17.4. The van der Waals surface area contributed by atoms with Crippen LogP contribution in [-0.4, -0.2) is 44.5 Å². The van der Waals surface area contributed by atoms with Gasteiger partial charge in [0.05, 0.1) is 13.2 Å². The highest BCUT2D eigenvalue weighted by molar-refractivity contribution is 7.89. The van der Waals surface area contributed by atoms with Crippen LogP contribution in [0.5, 0.6) is 5.75 Å². The van der Waals surface area contributed by atoms with Crippen molar-refractivity contribution >= 4 is 22.4 Å². The smallest absolute Gasteiger partial charge is 0.245 e. The van der Waals surface area contributed by atoms with Crippen molar-refractivity contribution in [2.75, 3.05) is 26.7 Å². The number of sulfonamides is 1. The molecule has 2 aromatic rings. The fraction of sp³-hybridized carbons (Fsp3) is 0.389. The van der Waals surface area contributed by atoms with Crippen molar-refractivity contribution in [3.8, 4) is 5.75 Å². The summed E-state index contributed by atoms with van der Waals surface area (Å²) < 4.78 is 33.3. The van der Waals surface area contributed by atoms with E-state index in [0.29, 0.717) is 12.5 Å². The van der Waals surface area contributed by atoms with Crippen LogP contribution >= 0.6 is 12.4 Å². The van der Waals surface area contributed by atoms with E-state index in [9.17, 15) is 8.42 Å². The molecule has 0 bridgehead atoms. The lowest BCUT2D eigenvalue weighted by atomic mass is 9.90. The standard InChI is InChI=1S/C18H21N3O3S.ClH/c1-24-15-6-4-13(5-7-15)18-17-11-20-9-14(17)12-21(18)25(22,23)16-3-2-8-19-10-16;/h2-8,10,14,17-18,20H,9,11-12H2,1H3;1H/t14-,17-,18+;/m0./s1. The number of fused-ring (bicyclic) bond motifs is 1. The van der Waals surface area contributed by atoms with E-state index in [-0.39, 0.29) is 29.3 Å². The highest BCUT2D eigenvalue weighted by atomic mass is 35.5. The first-order valence-electron chi connectivity index (χ1n) is 8.38. The number of benzene rings is 1. The Kier molecular flexibility index (Phi) is 5.53. The molecule has 4 rings (SSSR count). The zero-order valence-corrected chi connectivity index (χ0v) is 16.0. The van der Waals surface area contributed by atoms with Gasteiger partial charge in [-0.05, 0) is 48.2 Å². The monoisotopic (exact) mass is 395 g/mol. The summed E-state index contributed by atoms with van der Waals surface area (Å²) >= 11 is 0. The molecule has 3 atom stereocenters. The number of methoxy groups -OCH3 is 1. The highest BCUT2D eigenvalue weighted by Crippen LogP contribution is 2.45. The Labute approximate surface area is 160 Å². The summed E-state index contributed by atoms with van der Waals surface area (Å²) in [5.41, 5.74) is 1.00. The summed E-state index contributed by atoms with van der Waals surface area (Å²) in [6.45, 7) is 2.22. The number of rotatable bonds is 4. The van der Waals surface area contributed by atoms with Crippen LogP contribution in [0.3, 0.4) is 0 Å². The van der Waals surface area contributed by atoms with Gasteiger partial charge in [-0.1, -0.05) is 12.1 Å². The third-order valence-electron chi connectivity index (χ3n) is 5.22. The van der Waals surface area contributed by atoms with E-state index < -0.39 is 10.0 Å². The average molecular weight is 396 g/mol. The molecule has 0 amide bonds. The summed E-state index contributed by atoms with van der Waals surface area (Å²) in [5, 5.41) is 3.40. The fourth-order valence-electron chi connectivity index (χ4n) is 3.98. The molecule has 2 aliphatic rings. The van der Waals surface area contributed by atoms with E-state index in [1.54, 1.807) is 29.7 Å². The van der Waals surface area contributed by atoms with Crippen LogP contribution in [0.25, 0.3) is 0 Å². The summed E-state index contributed by atoms with van der Waals surface area (Å²) in [4.78, 5) is 4.23. The van der Waals surface area contributed by atoms with Crippen molar-refractivity contribution in [2.45, 2.75) is 10.9 Å². The lowest BCUT2D eigenvalue weighted by molar-refractivity contribution is 0.345. The van der Waals surface area contributed by atoms with Crippen molar-refractivity contribution in [2.24, 2.45) is 11.8 Å². The minimum Gasteiger partial charge on any atom is -0.497 e.